The Morgan fingerprint density at radius 3 is 2.04 bits per heavy atom. The molecule has 0 heterocycles. The molecule has 1 atom stereocenters. The van der Waals surface area contributed by atoms with Crippen LogP contribution in [0.1, 0.15) is 91.4 Å². The summed E-state index contributed by atoms with van der Waals surface area (Å²) in [7, 11) is -3.27. The van der Waals surface area contributed by atoms with Gasteiger partial charge in [0.2, 0.25) is 0 Å². The molecular formula is C18H37O4P. The fourth-order valence-corrected chi connectivity index (χ4v) is 6.24. The number of unbranched alkanes of at least 4 members (excludes halogenated alkanes) is 4. The first-order valence-electron chi connectivity index (χ1n) is 9.63. The van der Waals surface area contributed by atoms with Crippen LogP contribution in [-0.4, -0.2) is 29.6 Å². The predicted octanol–water partition coefficient (Wildman–Crippen LogP) is 5.68. The molecular weight excluding hydrogens is 311 g/mol. The minimum atomic E-state index is -3.27. The third-order valence-electron chi connectivity index (χ3n) is 4.92. The lowest BCUT2D eigenvalue weighted by molar-refractivity contribution is -0.0113. The molecule has 0 saturated heterocycles. The van der Waals surface area contributed by atoms with Crippen molar-refractivity contribution in [3.8, 4) is 0 Å². The van der Waals surface area contributed by atoms with Gasteiger partial charge >= 0.3 is 7.60 Å². The van der Waals surface area contributed by atoms with Gasteiger partial charge in [0.25, 0.3) is 0 Å². The van der Waals surface area contributed by atoms with E-state index in [-0.39, 0.29) is 5.66 Å². The van der Waals surface area contributed by atoms with E-state index < -0.39 is 13.2 Å². The molecule has 0 aliphatic heterocycles. The first-order valence-corrected chi connectivity index (χ1v) is 11.2. The highest BCUT2D eigenvalue weighted by Crippen LogP contribution is 2.60. The molecule has 1 aliphatic carbocycles. The van der Waals surface area contributed by atoms with Gasteiger partial charge in [-0.3, -0.25) is 4.57 Å². The summed E-state index contributed by atoms with van der Waals surface area (Å²) < 4.78 is 24.5. The van der Waals surface area contributed by atoms with Crippen molar-refractivity contribution < 1.29 is 18.7 Å². The van der Waals surface area contributed by atoms with E-state index >= 15 is 0 Å². The van der Waals surface area contributed by atoms with Crippen LogP contribution >= 0.6 is 7.60 Å². The van der Waals surface area contributed by atoms with Gasteiger partial charge in [0.15, 0.2) is 0 Å². The molecule has 1 saturated carbocycles. The summed E-state index contributed by atoms with van der Waals surface area (Å²) in [5.41, 5.74) is -1.26. The Kier molecular flexibility index (Phi) is 10.00. The van der Waals surface area contributed by atoms with Crippen LogP contribution in [0.25, 0.3) is 0 Å². The maximum absolute atomic E-state index is 13.3. The summed E-state index contributed by atoms with van der Waals surface area (Å²) in [5, 5.41) is 11.2. The predicted molar refractivity (Wildman–Crippen MR) is 96.1 cm³/mol. The quantitative estimate of drug-likeness (QED) is 0.364. The molecule has 4 nitrogen and oxygen atoms in total. The zero-order valence-electron chi connectivity index (χ0n) is 15.4. The van der Waals surface area contributed by atoms with Crippen molar-refractivity contribution in [1.29, 1.82) is 0 Å². The van der Waals surface area contributed by atoms with E-state index in [1.807, 2.05) is 13.8 Å². The van der Waals surface area contributed by atoms with Gasteiger partial charge < -0.3 is 14.2 Å². The zero-order chi connectivity index (χ0) is 17.2. The Bertz CT molecular complexity index is 343. The molecule has 1 fully saturated rings. The van der Waals surface area contributed by atoms with Gasteiger partial charge in [0.1, 0.15) is 0 Å². The Morgan fingerprint density at radius 1 is 0.957 bits per heavy atom. The molecule has 0 aromatic heterocycles. The molecule has 0 spiro atoms. The first kappa shape index (κ1) is 21.2. The highest BCUT2D eigenvalue weighted by Gasteiger charge is 2.49. The summed E-state index contributed by atoms with van der Waals surface area (Å²) in [6, 6.07) is 0. The Balaban J connectivity index is 2.83. The largest absolute Gasteiger partial charge is 0.389 e. The van der Waals surface area contributed by atoms with Crippen molar-refractivity contribution in [3.63, 3.8) is 0 Å². The Morgan fingerprint density at radius 2 is 1.52 bits per heavy atom. The summed E-state index contributed by atoms with van der Waals surface area (Å²) in [6.07, 6.45) is 11.1. The van der Waals surface area contributed by atoms with E-state index in [9.17, 15) is 9.67 Å². The molecule has 0 radical (unpaired) electrons. The molecule has 0 aromatic rings. The normalized spacial score (nSPS) is 19.7. The molecule has 1 N–H and O–H groups in total. The number of aliphatic hydroxyl groups is 1. The van der Waals surface area contributed by atoms with Gasteiger partial charge in [-0.1, -0.05) is 58.3 Å². The van der Waals surface area contributed by atoms with E-state index in [0.717, 1.165) is 51.4 Å². The smallest absolute Gasteiger partial charge is 0.336 e. The lowest BCUT2D eigenvalue weighted by Crippen LogP contribution is -2.44. The van der Waals surface area contributed by atoms with Crippen LogP contribution < -0.4 is 0 Å². The maximum atomic E-state index is 13.3. The summed E-state index contributed by atoms with van der Waals surface area (Å²) >= 11 is 0. The fourth-order valence-electron chi connectivity index (χ4n) is 3.74. The van der Waals surface area contributed by atoms with Crippen molar-refractivity contribution >= 4 is 7.60 Å². The second-order valence-corrected chi connectivity index (χ2v) is 8.98. The molecule has 0 aromatic carbocycles. The van der Waals surface area contributed by atoms with Crippen LogP contribution in [0.5, 0.6) is 0 Å². The molecule has 0 bridgehead atoms. The number of rotatable bonds is 12. The maximum Gasteiger partial charge on any atom is 0.336 e. The second kappa shape index (κ2) is 10.9. The SMILES string of the molecule is CCCCCCC[C@@H](C1(O)CCCCC1)P(=O)(OCC)OCC. The van der Waals surface area contributed by atoms with Crippen molar-refractivity contribution in [2.45, 2.75) is 103 Å². The molecule has 1 rings (SSSR count). The average molecular weight is 348 g/mol. The van der Waals surface area contributed by atoms with Crippen molar-refractivity contribution in [3.05, 3.63) is 0 Å². The van der Waals surface area contributed by atoms with Crippen LogP contribution in [0.2, 0.25) is 0 Å². The van der Waals surface area contributed by atoms with Gasteiger partial charge in [-0.25, -0.2) is 0 Å². The average Bonchev–Trinajstić information content (AvgIpc) is 2.51. The van der Waals surface area contributed by atoms with E-state index in [4.69, 9.17) is 9.05 Å². The summed E-state index contributed by atoms with van der Waals surface area (Å²) in [4.78, 5) is 0. The van der Waals surface area contributed by atoms with Gasteiger partial charge in [0, 0.05) is 0 Å². The molecule has 0 amide bonds. The molecule has 1 aliphatic rings. The topological polar surface area (TPSA) is 55.8 Å². The summed E-state index contributed by atoms with van der Waals surface area (Å²) in [6.45, 7) is 6.61. The number of hydrogen-bond donors (Lipinski definition) is 1. The van der Waals surface area contributed by atoms with Gasteiger partial charge in [-0.05, 0) is 33.1 Å². The van der Waals surface area contributed by atoms with Crippen LogP contribution in [0, 0.1) is 0 Å². The third-order valence-corrected chi connectivity index (χ3v) is 7.66. The minimum absolute atomic E-state index is 0.361. The Labute approximate surface area is 142 Å². The molecule has 23 heavy (non-hydrogen) atoms. The highest BCUT2D eigenvalue weighted by molar-refractivity contribution is 7.54. The number of hydrogen-bond acceptors (Lipinski definition) is 4. The van der Waals surface area contributed by atoms with Crippen molar-refractivity contribution in [2.75, 3.05) is 13.2 Å². The monoisotopic (exact) mass is 348 g/mol. The minimum Gasteiger partial charge on any atom is -0.389 e. The third kappa shape index (κ3) is 6.49. The van der Waals surface area contributed by atoms with E-state index in [2.05, 4.69) is 6.92 Å². The Hall–Kier alpha value is 0.110. The van der Waals surface area contributed by atoms with E-state index in [1.165, 1.54) is 19.3 Å². The van der Waals surface area contributed by atoms with Crippen LogP contribution in [-0.2, 0) is 13.6 Å². The van der Waals surface area contributed by atoms with E-state index in [0.29, 0.717) is 13.2 Å². The van der Waals surface area contributed by atoms with Crippen molar-refractivity contribution in [2.24, 2.45) is 0 Å². The second-order valence-electron chi connectivity index (χ2n) is 6.76. The lowest BCUT2D eigenvalue weighted by atomic mass is 9.80. The van der Waals surface area contributed by atoms with Gasteiger partial charge in [0.05, 0.1) is 24.5 Å². The zero-order valence-corrected chi connectivity index (χ0v) is 16.3. The molecule has 5 heteroatoms. The van der Waals surface area contributed by atoms with Crippen LogP contribution in [0.15, 0.2) is 0 Å². The highest BCUT2D eigenvalue weighted by atomic mass is 31.2. The fraction of sp³-hybridized carbons (Fsp3) is 1.00. The van der Waals surface area contributed by atoms with E-state index in [1.54, 1.807) is 0 Å². The lowest BCUT2D eigenvalue weighted by Gasteiger charge is -2.41. The first-order chi connectivity index (χ1) is 11.0. The van der Waals surface area contributed by atoms with Gasteiger partial charge in [-0.15, -0.1) is 0 Å². The van der Waals surface area contributed by atoms with Gasteiger partial charge in [-0.2, -0.15) is 0 Å². The van der Waals surface area contributed by atoms with Crippen LogP contribution in [0.3, 0.4) is 0 Å². The van der Waals surface area contributed by atoms with Crippen LogP contribution in [0.4, 0.5) is 0 Å². The standard InChI is InChI=1S/C18H37O4P/c1-4-7-8-9-11-14-17(18(19)15-12-10-13-16-18)23(20,21-5-2)22-6-3/h17,19H,4-16H2,1-3H3/t17-/m0/s1. The van der Waals surface area contributed by atoms with Crippen molar-refractivity contribution in [1.82, 2.24) is 0 Å². The molecule has 0 unspecified atom stereocenters. The molecule has 138 valence electrons. The summed E-state index contributed by atoms with van der Waals surface area (Å²) in [5.74, 6) is 0.